The molecule has 0 aromatic carbocycles. The van der Waals surface area contributed by atoms with Crippen LogP contribution in [-0.2, 0) is 0 Å². The highest BCUT2D eigenvalue weighted by atomic mass is 14.2. The third-order valence-electron chi connectivity index (χ3n) is 3.11. The van der Waals surface area contributed by atoms with Gasteiger partial charge in [-0.25, -0.2) is 0 Å². The molecule has 0 heterocycles. The molecule has 0 aliphatic heterocycles. The molecule has 0 aliphatic carbocycles. The second-order valence-corrected chi connectivity index (χ2v) is 4.29. The van der Waals surface area contributed by atoms with Crippen molar-refractivity contribution in [2.75, 3.05) is 0 Å². The van der Waals surface area contributed by atoms with Crippen molar-refractivity contribution in [1.82, 2.24) is 0 Å². The minimum Gasteiger partial charge on any atom is -0.0998 e. The summed E-state index contributed by atoms with van der Waals surface area (Å²) in [6.07, 6.45) is 6.87. The summed E-state index contributed by atoms with van der Waals surface area (Å²) in [6.45, 7) is 14.4. The molecule has 1 heteroatoms. The lowest BCUT2D eigenvalue weighted by molar-refractivity contribution is 0.488. The van der Waals surface area contributed by atoms with Gasteiger partial charge in [0.1, 0.15) is 0 Å². The van der Waals surface area contributed by atoms with E-state index in [1.165, 1.54) is 11.1 Å². The van der Waals surface area contributed by atoms with E-state index in [9.17, 15) is 0 Å². The zero-order valence-corrected chi connectivity index (χ0v) is 10.4. The van der Waals surface area contributed by atoms with Gasteiger partial charge < -0.3 is 0 Å². The predicted molar refractivity (Wildman–Crippen MR) is 71.2 cm³/mol. The molecule has 1 unspecified atom stereocenters. The molecule has 0 aromatic rings. The van der Waals surface area contributed by atoms with Crippen LogP contribution in [0.3, 0.4) is 0 Å². The van der Waals surface area contributed by atoms with Gasteiger partial charge in [-0.2, -0.15) is 0 Å². The summed E-state index contributed by atoms with van der Waals surface area (Å²) < 4.78 is 0. The Morgan fingerprint density at radius 3 is 2.33 bits per heavy atom. The minimum absolute atomic E-state index is 0.522. The van der Waals surface area contributed by atoms with Crippen LogP contribution < -0.4 is 0 Å². The highest BCUT2D eigenvalue weighted by molar-refractivity contribution is 6.08. The molecule has 0 aromatic heterocycles. The Balaban J connectivity index is 4.54. The van der Waals surface area contributed by atoms with Crippen molar-refractivity contribution < 1.29 is 0 Å². The molecule has 0 bridgehead atoms. The van der Waals surface area contributed by atoms with Crippen LogP contribution in [-0.4, -0.2) is 7.85 Å². The van der Waals surface area contributed by atoms with Gasteiger partial charge in [0.05, 0.1) is 7.85 Å². The van der Waals surface area contributed by atoms with E-state index in [4.69, 9.17) is 7.85 Å². The summed E-state index contributed by atoms with van der Waals surface area (Å²) >= 11 is 0. The summed E-state index contributed by atoms with van der Waals surface area (Å²) in [5.41, 5.74) is 2.68. The number of hydrogen-bond donors (Lipinski definition) is 0. The van der Waals surface area contributed by atoms with Gasteiger partial charge in [0.2, 0.25) is 0 Å². The third-order valence-corrected chi connectivity index (χ3v) is 3.11. The van der Waals surface area contributed by atoms with Crippen molar-refractivity contribution >= 4 is 7.85 Å². The Morgan fingerprint density at radius 2 is 1.93 bits per heavy atom. The molecule has 2 radical (unpaired) electrons. The Labute approximate surface area is 96.6 Å². The van der Waals surface area contributed by atoms with Crippen molar-refractivity contribution in [1.29, 1.82) is 0 Å². The minimum atomic E-state index is 0.522. The normalized spacial score (nSPS) is 15.8. The molecule has 0 rings (SSSR count). The maximum absolute atomic E-state index is 5.54. The lowest BCUT2D eigenvalue weighted by Crippen LogP contribution is -2.11. The molecule has 0 spiro atoms. The van der Waals surface area contributed by atoms with Crippen LogP contribution in [0.1, 0.15) is 33.6 Å². The monoisotopic (exact) mass is 202 g/mol. The molecule has 2 atom stereocenters. The molecular formula is C14H23B. The van der Waals surface area contributed by atoms with Crippen LogP contribution in [0.4, 0.5) is 0 Å². The molecule has 0 nitrogen and oxygen atoms in total. The lowest BCUT2D eigenvalue weighted by Gasteiger charge is -2.23. The summed E-state index contributed by atoms with van der Waals surface area (Å²) in [5.74, 6) is 1.06. The van der Waals surface area contributed by atoms with E-state index >= 15 is 0 Å². The van der Waals surface area contributed by atoms with Crippen LogP contribution in [0.15, 0.2) is 36.5 Å². The molecule has 0 saturated carbocycles. The summed E-state index contributed by atoms with van der Waals surface area (Å²) in [7, 11) is 5.54. The van der Waals surface area contributed by atoms with Crippen LogP contribution >= 0.6 is 0 Å². The van der Waals surface area contributed by atoms with E-state index in [0.29, 0.717) is 11.8 Å². The van der Waals surface area contributed by atoms with Gasteiger partial charge in [0.25, 0.3) is 0 Å². The first-order valence-corrected chi connectivity index (χ1v) is 5.71. The highest BCUT2D eigenvalue weighted by Crippen LogP contribution is 2.28. The Kier molecular flexibility index (Phi) is 7.20. The van der Waals surface area contributed by atoms with E-state index < -0.39 is 0 Å². The quantitative estimate of drug-likeness (QED) is 0.327. The van der Waals surface area contributed by atoms with E-state index in [2.05, 4.69) is 40.0 Å². The van der Waals surface area contributed by atoms with Crippen molar-refractivity contribution in [2.24, 2.45) is 11.8 Å². The Hall–Kier alpha value is -0.715. The first-order chi connectivity index (χ1) is 7.04. The van der Waals surface area contributed by atoms with Gasteiger partial charge in [-0.3, -0.25) is 0 Å². The molecule has 0 saturated heterocycles. The molecule has 0 amide bonds. The van der Waals surface area contributed by atoms with Gasteiger partial charge in [0.15, 0.2) is 0 Å². The standard InChI is InChI=1S/C14H23B/c1-6-8-14(9-7-10-15)13(5)12(4)11(2)3/h6,8,12-13H,1-2,7,9-10H2,3-5H3/b14-8+/t12?,13-/m1/s1. The van der Waals surface area contributed by atoms with Crippen LogP contribution in [0.2, 0.25) is 6.32 Å². The zero-order chi connectivity index (χ0) is 11.8. The van der Waals surface area contributed by atoms with Crippen molar-refractivity contribution in [3.63, 3.8) is 0 Å². The van der Waals surface area contributed by atoms with Crippen LogP contribution in [0.25, 0.3) is 0 Å². The summed E-state index contributed by atoms with van der Waals surface area (Å²) in [4.78, 5) is 0. The van der Waals surface area contributed by atoms with Crippen molar-refractivity contribution in [2.45, 2.75) is 39.9 Å². The number of allylic oxidation sites excluding steroid dienone is 4. The SMILES string of the molecule is [B]CCC/C(=C\C=C)[C@H](C)C(C)C(=C)C. The molecular weight excluding hydrogens is 179 g/mol. The average molecular weight is 202 g/mol. The fourth-order valence-electron chi connectivity index (χ4n) is 1.67. The molecule has 15 heavy (non-hydrogen) atoms. The van der Waals surface area contributed by atoms with E-state index in [1.54, 1.807) is 0 Å². The van der Waals surface area contributed by atoms with Gasteiger partial charge >= 0.3 is 0 Å². The van der Waals surface area contributed by atoms with Crippen molar-refractivity contribution in [3.05, 3.63) is 36.5 Å². The van der Waals surface area contributed by atoms with Gasteiger partial charge in [-0.05, 0) is 25.2 Å². The highest BCUT2D eigenvalue weighted by Gasteiger charge is 2.16. The Bertz CT molecular complexity index is 238. The van der Waals surface area contributed by atoms with E-state index in [-0.39, 0.29) is 0 Å². The fraction of sp³-hybridized carbons (Fsp3) is 0.571. The van der Waals surface area contributed by atoms with Gasteiger partial charge in [-0.1, -0.05) is 63.0 Å². The first-order valence-electron chi connectivity index (χ1n) is 5.71. The van der Waals surface area contributed by atoms with Crippen molar-refractivity contribution in [3.8, 4) is 0 Å². The summed E-state index contributed by atoms with van der Waals surface area (Å²) in [6, 6.07) is 0. The second-order valence-electron chi connectivity index (χ2n) is 4.29. The largest absolute Gasteiger partial charge is 0.0998 e. The van der Waals surface area contributed by atoms with E-state index in [0.717, 1.165) is 19.2 Å². The zero-order valence-electron chi connectivity index (χ0n) is 10.4. The van der Waals surface area contributed by atoms with Crippen LogP contribution in [0.5, 0.6) is 0 Å². The maximum atomic E-state index is 5.54. The smallest absolute Gasteiger partial charge is 0.0653 e. The van der Waals surface area contributed by atoms with Gasteiger partial charge in [-0.15, -0.1) is 0 Å². The maximum Gasteiger partial charge on any atom is 0.0653 e. The predicted octanol–water partition coefficient (Wildman–Crippen LogP) is 4.31. The Morgan fingerprint density at radius 1 is 1.33 bits per heavy atom. The van der Waals surface area contributed by atoms with Gasteiger partial charge in [0, 0.05) is 0 Å². The lowest BCUT2D eigenvalue weighted by atomic mass is 9.81. The number of rotatable bonds is 7. The molecule has 0 aliphatic rings. The fourth-order valence-corrected chi connectivity index (χ4v) is 1.67. The second kappa shape index (κ2) is 7.56. The van der Waals surface area contributed by atoms with E-state index in [1.807, 2.05) is 6.08 Å². The molecule has 82 valence electrons. The molecule has 0 fully saturated rings. The average Bonchev–Trinajstić information content (AvgIpc) is 2.22. The third kappa shape index (κ3) is 5.06. The number of hydrogen-bond acceptors (Lipinski definition) is 0. The first kappa shape index (κ1) is 14.3. The topological polar surface area (TPSA) is 0 Å². The van der Waals surface area contributed by atoms with Crippen LogP contribution in [0, 0.1) is 11.8 Å². The molecule has 0 N–H and O–H groups in total. The summed E-state index contributed by atoms with van der Waals surface area (Å²) in [5, 5.41) is 0.